The second kappa shape index (κ2) is 4.57. The molecule has 1 aromatic rings. The van der Waals surface area contributed by atoms with Crippen LogP contribution in [0.3, 0.4) is 0 Å². The van der Waals surface area contributed by atoms with Gasteiger partial charge >= 0.3 is 0 Å². The molecule has 0 atom stereocenters. The number of pyridine rings is 1. The van der Waals surface area contributed by atoms with Crippen LogP contribution in [0.1, 0.15) is 12.8 Å². The lowest BCUT2D eigenvalue weighted by atomic mass is 10.0. The fourth-order valence-electron chi connectivity index (χ4n) is 2.03. The second-order valence-electron chi connectivity index (χ2n) is 3.88. The molecule has 2 heterocycles. The van der Waals surface area contributed by atoms with Crippen molar-refractivity contribution in [1.82, 2.24) is 10.3 Å². The van der Waals surface area contributed by atoms with Crippen LogP contribution in [-0.2, 0) is 0 Å². The SMILES string of the molecule is CNC1CCN(c2ccncc2F)CC1. The predicted octanol–water partition coefficient (Wildman–Crippen LogP) is 1.41. The summed E-state index contributed by atoms with van der Waals surface area (Å²) in [5.41, 5.74) is 0.680. The van der Waals surface area contributed by atoms with Gasteiger partial charge < -0.3 is 10.2 Å². The molecule has 0 spiro atoms. The summed E-state index contributed by atoms with van der Waals surface area (Å²) in [6.45, 7) is 1.82. The molecule has 0 aliphatic carbocycles. The van der Waals surface area contributed by atoms with Crippen LogP contribution in [0.15, 0.2) is 18.5 Å². The Morgan fingerprint density at radius 2 is 2.20 bits per heavy atom. The van der Waals surface area contributed by atoms with Crippen molar-refractivity contribution in [3.8, 4) is 0 Å². The molecular weight excluding hydrogens is 193 g/mol. The molecule has 82 valence electrons. The Balaban J connectivity index is 2.04. The minimum Gasteiger partial charge on any atom is -0.369 e. The number of aromatic nitrogens is 1. The molecule has 4 heteroatoms. The number of rotatable bonds is 2. The van der Waals surface area contributed by atoms with Gasteiger partial charge in [0.05, 0.1) is 11.9 Å². The maximum atomic E-state index is 13.4. The minimum atomic E-state index is -0.222. The molecule has 1 fully saturated rings. The van der Waals surface area contributed by atoms with Crippen molar-refractivity contribution in [1.29, 1.82) is 0 Å². The first-order chi connectivity index (χ1) is 7.31. The Morgan fingerprint density at radius 3 is 2.80 bits per heavy atom. The zero-order chi connectivity index (χ0) is 10.7. The molecule has 0 unspecified atom stereocenters. The topological polar surface area (TPSA) is 28.2 Å². The van der Waals surface area contributed by atoms with Gasteiger partial charge in [-0.1, -0.05) is 0 Å². The van der Waals surface area contributed by atoms with Crippen LogP contribution in [0.4, 0.5) is 10.1 Å². The third-order valence-electron chi connectivity index (χ3n) is 2.99. The molecule has 0 bridgehead atoms. The normalized spacial score (nSPS) is 18.1. The summed E-state index contributed by atoms with van der Waals surface area (Å²) in [5.74, 6) is -0.222. The molecule has 2 rings (SSSR count). The van der Waals surface area contributed by atoms with Crippen molar-refractivity contribution in [2.24, 2.45) is 0 Å². The van der Waals surface area contributed by atoms with E-state index in [9.17, 15) is 4.39 Å². The molecule has 0 amide bonds. The highest BCUT2D eigenvalue weighted by Gasteiger charge is 2.19. The highest BCUT2D eigenvalue weighted by molar-refractivity contribution is 5.46. The Hall–Kier alpha value is -1.16. The Bertz CT molecular complexity index is 321. The van der Waals surface area contributed by atoms with Crippen molar-refractivity contribution in [2.45, 2.75) is 18.9 Å². The van der Waals surface area contributed by atoms with Crippen LogP contribution >= 0.6 is 0 Å². The number of halogens is 1. The lowest BCUT2D eigenvalue weighted by Gasteiger charge is -2.33. The number of anilines is 1. The standard InChI is InChI=1S/C11H16FN3/c1-13-9-3-6-15(7-4-9)11-2-5-14-8-10(11)12/h2,5,8-9,13H,3-4,6-7H2,1H3. The molecule has 3 nitrogen and oxygen atoms in total. The van der Waals surface area contributed by atoms with Crippen LogP contribution in [0.5, 0.6) is 0 Å². The van der Waals surface area contributed by atoms with E-state index in [1.54, 1.807) is 12.3 Å². The van der Waals surface area contributed by atoms with Crippen LogP contribution < -0.4 is 10.2 Å². The van der Waals surface area contributed by atoms with Crippen molar-refractivity contribution >= 4 is 5.69 Å². The quantitative estimate of drug-likeness (QED) is 0.798. The van der Waals surface area contributed by atoms with Gasteiger partial charge in [-0.25, -0.2) is 4.39 Å². The minimum absolute atomic E-state index is 0.222. The number of nitrogens with zero attached hydrogens (tertiary/aromatic N) is 2. The summed E-state index contributed by atoms with van der Waals surface area (Å²) in [6, 6.07) is 2.32. The van der Waals surface area contributed by atoms with Gasteiger partial charge in [-0.15, -0.1) is 0 Å². The van der Waals surface area contributed by atoms with Gasteiger partial charge in [0, 0.05) is 25.3 Å². The molecule has 15 heavy (non-hydrogen) atoms. The molecule has 0 radical (unpaired) electrons. The summed E-state index contributed by atoms with van der Waals surface area (Å²) in [5, 5.41) is 3.26. The number of hydrogen-bond donors (Lipinski definition) is 1. The Morgan fingerprint density at radius 1 is 1.47 bits per heavy atom. The monoisotopic (exact) mass is 209 g/mol. The zero-order valence-corrected chi connectivity index (χ0v) is 8.91. The van der Waals surface area contributed by atoms with E-state index in [1.165, 1.54) is 6.20 Å². The second-order valence-corrected chi connectivity index (χ2v) is 3.88. The fourth-order valence-corrected chi connectivity index (χ4v) is 2.03. The molecule has 0 aromatic carbocycles. The lowest BCUT2D eigenvalue weighted by molar-refractivity contribution is 0.438. The van der Waals surface area contributed by atoms with E-state index in [0.717, 1.165) is 25.9 Å². The smallest absolute Gasteiger partial charge is 0.164 e. The van der Waals surface area contributed by atoms with E-state index in [4.69, 9.17) is 0 Å². The summed E-state index contributed by atoms with van der Waals surface area (Å²) >= 11 is 0. The average Bonchev–Trinajstić information content (AvgIpc) is 2.30. The Labute approximate surface area is 89.3 Å². The van der Waals surface area contributed by atoms with Crippen molar-refractivity contribution in [3.63, 3.8) is 0 Å². The van der Waals surface area contributed by atoms with E-state index >= 15 is 0 Å². The van der Waals surface area contributed by atoms with Gasteiger partial charge in [0.15, 0.2) is 5.82 Å². The van der Waals surface area contributed by atoms with Gasteiger partial charge in [0.25, 0.3) is 0 Å². The molecule has 1 aromatic heterocycles. The summed E-state index contributed by atoms with van der Waals surface area (Å²) < 4.78 is 13.4. The van der Waals surface area contributed by atoms with E-state index < -0.39 is 0 Å². The summed E-state index contributed by atoms with van der Waals surface area (Å²) in [6.07, 6.45) is 5.05. The van der Waals surface area contributed by atoms with Crippen molar-refractivity contribution < 1.29 is 4.39 Å². The molecular formula is C11H16FN3. The van der Waals surface area contributed by atoms with Crippen LogP contribution in [0, 0.1) is 5.82 Å². The largest absolute Gasteiger partial charge is 0.369 e. The van der Waals surface area contributed by atoms with E-state index in [1.807, 2.05) is 7.05 Å². The third kappa shape index (κ3) is 2.26. The first kappa shape index (κ1) is 10.4. The summed E-state index contributed by atoms with van der Waals surface area (Å²) in [7, 11) is 1.98. The number of piperidine rings is 1. The van der Waals surface area contributed by atoms with Gasteiger partial charge in [-0.2, -0.15) is 0 Å². The molecule has 0 saturated carbocycles. The molecule has 1 aliphatic rings. The van der Waals surface area contributed by atoms with E-state index in [-0.39, 0.29) is 5.82 Å². The highest BCUT2D eigenvalue weighted by Crippen LogP contribution is 2.21. The predicted molar refractivity (Wildman–Crippen MR) is 58.5 cm³/mol. The van der Waals surface area contributed by atoms with Gasteiger partial charge in [-0.3, -0.25) is 4.98 Å². The van der Waals surface area contributed by atoms with Gasteiger partial charge in [0.2, 0.25) is 0 Å². The van der Waals surface area contributed by atoms with Crippen LogP contribution in [0.25, 0.3) is 0 Å². The van der Waals surface area contributed by atoms with Gasteiger partial charge in [0.1, 0.15) is 0 Å². The van der Waals surface area contributed by atoms with Crippen molar-refractivity contribution in [2.75, 3.05) is 25.0 Å². The maximum absolute atomic E-state index is 13.4. The van der Waals surface area contributed by atoms with Gasteiger partial charge in [-0.05, 0) is 26.0 Å². The van der Waals surface area contributed by atoms with E-state index in [2.05, 4.69) is 15.2 Å². The molecule has 1 N–H and O–H groups in total. The molecule has 1 aliphatic heterocycles. The van der Waals surface area contributed by atoms with Crippen molar-refractivity contribution in [3.05, 3.63) is 24.3 Å². The zero-order valence-electron chi connectivity index (χ0n) is 8.91. The molecule has 1 saturated heterocycles. The van der Waals surface area contributed by atoms with Crippen LogP contribution in [0.2, 0.25) is 0 Å². The third-order valence-corrected chi connectivity index (χ3v) is 2.99. The first-order valence-electron chi connectivity index (χ1n) is 5.33. The Kier molecular flexibility index (Phi) is 3.16. The fraction of sp³-hybridized carbons (Fsp3) is 0.545. The number of nitrogens with one attached hydrogen (secondary N) is 1. The maximum Gasteiger partial charge on any atom is 0.164 e. The number of hydrogen-bond acceptors (Lipinski definition) is 3. The lowest BCUT2D eigenvalue weighted by Crippen LogP contribution is -2.41. The van der Waals surface area contributed by atoms with E-state index in [0.29, 0.717) is 11.7 Å². The van der Waals surface area contributed by atoms with Crippen LogP contribution in [-0.4, -0.2) is 31.2 Å². The highest BCUT2D eigenvalue weighted by atomic mass is 19.1. The average molecular weight is 209 g/mol. The first-order valence-corrected chi connectivity index (χ1v) is 5.33. The summed E-state index contributed by atoms with van der Waals surface area (Å²) in [4.78, 5) is 5.85.